The van der Waals surface area contributed by atoms with Crippen LogP contribution in [0.3, 0.4) is 0 Å². The van der Waals surface area contributed by atoms with E-state index in [0.717, 1.165) is 19.0 Å². The standard InChI is InChI=1S/C21H24F2N2O3.ClH/c1-27-9-10-28-16-4-2-3-15(11-16)21(26)25-20-13-24-8-7-17(20)14-5-6-18(22)19(23)12-14;/h2-6,11-12,17,20,24H,7-10,13H2,1H3,(H,25,26);1H. The highest BCUT2D eigenvalue weighted by Crippen LogP contribution is 2.27. The molecule has 5 nitrogen and oxygen atoms in total. The molecule has 1 aliphatic rings. The fraction of sp³-hybridized carbons (Fsp3) is 0.381. The normalized spacial score (nSPS) is 18.6. The van der Waals surface area contributed by atoms with E-state index in [4.69, 9.17) is 9.47 Å². The molecule has 1 heterocycles. The number of hydrogen-bond acceptors (Lipinski definition) is 4. The van der Waals surface area contributed by atoms with Crippen LogP contribution in [0.5, 0.6) is 5.75 Å². The second-order valence-electron chi connectivity index (χ2n) is 6.72. The molecule has 1 saturated heterocycles. The Kier molecular flexibility index (Phi) is 8.82. The molecule has 0 radical (unpaired) electrons. The summed E-state index contributed by atoms with van der Waals surface area (Å²) < 4.78 is 37.4. The first-order valence-corrected chi connectivity index (χ1v) is 9.27. The molecule has 158 valence electrons. The molecule has 2 unspecified atom stereocenters. The predicted octanol–water partition coefficient (Wildman–Crippen LogP) is 3.29. The molecule has 3 rings (SSSR count). The number of ether oxygens (including phenoxy) is 2. The molecule has 2 N–H and O–H groups in total. The predicted molar refractivity (Wildman–Crippen MR) is 109 cm³/mol. The van der Waals surface area contributed by atoms with Gasteiger partial charge in [-0.05, 0) is 48.9 Å². The van der Waals surface area contributed by atoms with Gasteiger partial charge in [0.15, 0.2) is 11.6 Å². The number of nitrogens with one attached hydrogen (secondary N) is 2. The van der Waals surface area contributed by atoms with Crippen LogP contribution in [0, 0.1) is 11.6 Å². The first-order valence-electron chi connectivity index (χ1n) is 9.27. The van der Waals surface area contributed by atoms with E-state index >= 15 is 0 Å². The number of benzene rings is 2. The Morgan fingerprint density at radius 1 is 1.17 bits per heavy atom. The van der Waals surface area contributed by atoms with Crippen LogP contribution in [0.4, 0.5) is 8.78 Å². The minimum atomic E-state index is -0.873. The van der Waals surface area contributed by atoms with Crippen molar-refractivity contribution in [3.05, 3.63) is 65.2 Å². The van der Waals surface area contributed by atoms with Crippen LogP contribution in [0.25, 0.3) is 0 Å². The summed E-state index contributed by atoms with van der Waals surface area (Å²) in [7, 11) is 1.59. The van der Waals surface area contributed by atoms with E-state index in [1.54, 1.807) is 37.4 Å². The number of methoxy groups -OCH3 is 1. The Morgan fingerprint density at radius 3 is 2.76 bits per heavy atom. The number of rotatable bonds is 7. The smallest absolute Gasteiger partial charge is 0.251 e. The highest BCUT2D eigenvalue weighted by Gasteiger charge is 2.28. The Hall–Kier alpha value is -2.22. The summed E-state index contributed by atoms with van der Waals surface area (Å²) in [6.07, 6.45) is 0.718. The Balaban J connectivity index is 0.00000300. The average molecular weight is 427 g/mol. The first-order chi connectivity index (χ1) is 13.6. The summed E-state index contributed by atoms with van der Waals surface area (Å²) in [4.78, 5) is 12.7. The summed E-state index contributed by atoms with van der Waals surface area (Å²) in [6, 6.07) is 10.6. The van der Waals surface area contributed by atoms with Crippen LogP contribution in [0.2, 0.25) is 0 Å². The van der Waals surface area contributed by atoms with Gasteiger partial charge in [0.1, 0.15) is 12.4 Å². The van der Waals surface area contributed by atoms with Gasteiger partial charge in [-0.1, -0.05) is 12.1 Å². The molecule has 0 saturated carbocycles. The second-order valence-corrected chi connectivity index (χ2v) is 6.72. The second kappa shape index (κ2) is 11.1. The lowest BCUT2D eigenvalue weighted by Gasteiger charge is -2.33. The Labute approximate surface area is 175 Å². The van der Waals surface area contributed by atoms with Gasteiger partial charge in [0, 0.05) is 31.2 Å². The van der Waals surface area contributed by atoms with Crippen LogP contribution in [0.1, 0.15) is 28.3 Å². The van der Waals surface area contributed by atoms with Gasteiger partial charge in [0.25, 0.3) is 5.91 Å². The van der Waals surface area contributed by atoms with Gasteiger partial charge in [-0.3, -0.25) is 4.79 Å². The molecule has 1 fully saturated rings. The summed E-state index contributed by atoms with van der Waals surface area (Å²) in [6.45, 7) is 2.16. The third kappa shape index (κ3) is 6.13. The van der Waals surface area contributed by atoms with Gasteiger partial charge < -0.3 is 20.1 Å². The highest BCUT2D eigenvalue weighted by atomic mass is 35.5. The molecule has 1 aliphatic heterocycles. The van der Waals surface area contributed by atoms with E-state index < -0.39 is 11.6 Å². The maximum atomic E-state index is 13.7. The molecule has 8 heteroatoms. The van der Waals surface area contributed by atoms with E-state index in [-0.39, 0.29) is 30.3 Å². The van der Waals surface area contributed by atoms with Crippen LogP contribution in [-0.4, -0.2) is 45.4 Å². The fourth-order valence-electron chi connectivity index (χ4n) is 3.37. The summed E-state index contributed by atoms with van der Waals surface area (Å²) in [5, 5.41) is 6.26. The van der Waals surface area contributed by atoms with Crippen molar-refractivity contribution in [2.75, 3.05) is 33.4 Å². The van der Waals surface area contributed by atoms with Crippen LogP contribution in [-0.2, 0) is 4.74 Å². The maximum Gasteiger partial charge on any atom is 0.251 e. The lowest BCUT2D eigenvalue weighted by molar-refractivity contribution is 0.0923. The van der Waals surface area contributed by atoms with Crippen molar-refractivity contribution in [1.82, 2.24) is 10.6 Å². The van der Waals surface area contributed by atoms with Gasteiger partial charge in [0.2, 0.25) is 0 Å². The van der Waals surface area contributed by atoms with Crippen LogP contribution < -0.4 is 15.4 Å². The quantitative estimate of drug-likeness (QED) is 0.667. The molecule has 0 aliphatic carbocycles. The fourth-order valence-corrected chi connectivity index (χ4v) is 3.37. The van der Waals surface area contributed by atoms with E-state index in [0.29, 0.717) is 36.6 Å². The van der Waals surface area contributed by atoms with Crippen molar-refractivity contribution in [3.63, 3.8) is 0 Å². The van der Waals surface area contributed by atoms with Crippen molar-refractivity contribution >= 4 is 18.3 Å². The molecule has 0 bridgehead atoms. The molecule has 2 atom stereocenters. The third-order valence-electron chi connectivity index (χ3n) is 4.82. The van der Waals surface area contributed by atoms with Crippen LogP contribution in [0.15, 0.2) is 42.5 Å². The van der Waals surface area contributed by atoms with Gasteiger partial charge >= 0.3 is 0 Å². The molecule has 2 aromatic carbocycles. The number of carbonyl (C=O) groups is 1. The first kappa shape index (κ1) is 23.1. The average Bonchev–Trinajstić information content (AvgIpc) is 2.71. The van der Waals surface area contributed by atoms with Crippen LogP contribution >= 0.6 is 12.4 Å². The Morgan fingerprint density at radius 2 is 2.00 bits per heavy atom. The number of amides is 1. The van der Waals surface area contributed by atoms with Crippen molar-refractivity contribution in [2.24, 2.45) is 0 Å². The topological polar surface area (TPSA) is 59.6 Å². The number of halogens is 3. The third-order valence-corrected chi connectivity index (χ3v) is 4.82. The Bertz CT molecular complexity index is 822. The monoisotopic (exact) mass is 426 g/mol. The zero-order chi connectivity index (χ0) is 19.9. The summed E-state index contributed by atoms with van der Waals surface area (Å²) in [5.41, 5.74) is 1.16. The van der Waals surface area contributed by atoms with Gasteiger partial charge in [-0.2, -0.15) is 0 Å². The SMILES string of the molecule is COCCOc1cccc(C(=O)NC2CNCCC2c2ccc(F)c(F)c2)c1.Cl. The molecule has 29 heavy (non-hydrogen) atoms. The maximum absolute atomic E-state index is 13.7. The lowest BCUT2D eigenvalue weighted by Crippen LogP contribution is -2.50. The van der Waals surface area contributed by atoms with Gasteiger partial charge in [0.05, 0.1) is 6.61 Å². The molecule has 0 spiro atoms. The number of hydrogen-bond donors (Lipinski definition) is 2. The molecule has 1 amide bonds. The van der Waals surface area contributed by atoms with Crippen molar-refractivity contribution < 1.29 is 23.0 Å². The molecule has 0 aromatic heterocycles. The molecule has 2 aromatic rings. The van der Waals surface area contributed by atoms with E-state index in [1.807, 2.05) is 0 Å². The summed E-state index contributed by atoms with van der Waals surface area (Å²) in [5.74, 6) is -1.49. The van der Waals surface area contributed by atoms with E-state index in [9.17, 15) is 13.6 Å². The lowest BCUT2D eigenvalue weighted by atomic mass is 9.85. The minimum Gasteiger partial charge on any atom is -0.491 e. The van der Waals surface area contributed by atoms with Crippen molar-refractivity contribution in [1.29, 1.82) is 0 Å². The van der Waals surface area contributed by atoms with Crippen molar-refractivity contribution in [3.8, 4) is 5.75 Å². The number of piperidine rings is 1. The summed E-state index contributed by atoms with van der Waals surface area (Å²) >= 11 is 0. The highest BCUT2D eigenvalue weighted by molar-refractivity contribution is 5.94. The van der Waals surface area contributed by atoms with E-state index in [1.165, 1.54) is 6.07 Å². The van der Waals surface area contributed by atoms with Gasteiger partial charge in [-0.15, -0.1) is 12.4 Å². The zero-order valence-corrected chi connectivity index (χ0v) is 16.9. The minimum absolute atomic E-state index is 0. The molecular formula is C21H25ClF2N2O3. The molecular weight excluding hydrogens is 402 g/mol. The van der Waals surface area contributed by atoms with Gasteiger partial charge in [-0.25, -0.2) is 8.78 Å². The van der Waals surface area contributed by atoms with E-state index in [2.05, 4.69) is 10.6 Å². The zero-order valence-electron chi connectivity index (χ0n) is 16.1. The largest absolute Gasteiger partial charge is 0.491 e. The number of carbonyl (C=O) groups excluding carboxylic acids is 1. The van der Waals surface area contributed by atoms with Crippen molar-refractivity contribution in [2.45, 2.75) is 18.4 Å².